The lowest BCUT2D eigenvalue weighted by molar-refractivity contribution is -0.117. The lowest BCUT2D eigenvalue weighted by Crippen LogP contribution is -2.29. The first-order valence-corrected chi connectivity index (χ1v) is 9.69. The number of rotatable bonds is 6. The molecule has 0 radical (unpaired) electrons. The van der Waals surface area contributed by atoms with Crippen molar-refractivity contribution < 1.29 is 14.3 Å². The fourth-order valence-electron chi connectivity index (χ4n) is 2.59. The van der Waals surface area contributed by atoms with Crippen LogP contribution in [0.15, 0.2) is 40.2 Å². The highest BCUT2D eigenvalue weighted by atomic mass is 32.2. The van der Waals surface area contributed by atoms with Crippen LogP contribution in [0.3, 0.4) is 0 Å². The SMILES string of the molecule is COc1ccc(NC(=O)Cn2nc3ccc(SC(C)(C)C)nn3c2=O)c(OC)c1. The fraction of sp³-hybridized carbons (Fsp3) is 0.368. The molecule has 0 aliphatic rings. The minimum Gasteiger partial charge on any atom is -0.497 e. The van der Waals surface area contributed by atoms with Crippen molar-refractivity contribution in [3.63, 3.8) is 0 Å². The number of fused-ring (bicyclic) bond motifs is 1. The van der Waals surface area contributed by atoms with Gasteiger partial charge in [0.15, 0.2) is 5.65 Å². The predicted octanol–water partition coefficient (Wildman–Crippen LogP) is 2.44. The molecule has 3 rings (SSSR count). The Labute approximate surface area is 172 Å². The molecule has 0 aliphatic heterocycles. The number of nitrogens with zero attached hydrogens (tertiary/aromatic N) is 4. The van der Waals surface area contributed by atoms with Crippen molar-refractivity contribution in [2.24, 2.45) is 0 Å². The molecule has 0 fully saturated rings. The molecule has 2 aromatic heterocycles. The Morgan fingerprint density at radius 3 is 2.55 bits per heavy atom. The maximum Gasteiger partial charge on any atom is 0.367 e. The van der Waals surface area contributed by atoms with Crippen molar-refractivity contribution in [3.8, 4) is 11.5 Å². The molecule has 1 amide bonds. The fourth-order valence-corrected chi connectivity index (χ4v) is 3.48. The van der Waals surface area contributed by atoms with Crippen LogP contribution in [-0.4, -0.2) is 44.3 Å². The van der Waals surface area contributed by atoms with Crippen molar-refractivity contribution in [2.45, 2.75) is 37.1 Å². The maximum atomic E-state index is 12.6. The van der Waals surface area contributed by atoms with E-state index < -0.39 is 11.6 Å². The molecule has 0 bridgehead atoms. The highest BCUT2D eigenvalue weighted by Gasteiger charge is 2.17. The number of carbonyl (C=O) groups is 1. The number of anilines is 1. The van der Waals surface area contributed by atoms with Gasteiger partial charge in [-0.3, -0.25) is 4.79 Å². The molecular weight excluding hydrogens is 394 g/mol. The molecule has 0 aliphatic carbocycles. The van der Waals surface area contributed by atoms with E-state index >= 15 is 0 Å². The van der Waals surface area contributed by atoms with Crippen LogP contribution < -0.4 is 20.5 Å². The van der Waals surface area contributed by atoms with Crippen LogP contribution in [0, 0.1) is 0 Å². The van der Waals surface area contributed by atoms with Gasteiger partial charge < -0.3 is 14.8 Å². The Kier molecular flexibility index (Phi) is 5.83. The average molecular weight is 417 g/mol. The molecular formula is C19H23N5O4S. The van der Waals surface area contributed by atoms with Crippen molar-refractivity contribution in [3.05, 3.63) is 40.8 Å². The Hall–Kier alpha value is -3.01. The van der Waals surface area contributed by atoms with Crippen LogP contribution in [0.25, 0.3) is 5.65 Å². The summed E-state index contributed by atoms with van der Waals surface area (Å²) in [7, 11) is 3.04. The number of thioether (sulfide) groups is 1. The molecule has 0 atom stereocenters. The Bertz CT molecular complexity index is 1100. The number of aromatic nitrogens is 4. The number of benzene rings is 1. The Morgan fingerprint density at radius 2 is 1.90 bits per heavy atom. The monoisotopic (exact) mass is 417 g/mol. The molecule has 0 saturated heterocycles. The zero-order chi connectivity index (χ0) is 21.2. The first-order valence-electron chi connectivity index (χ1n) is 8.88. The lowest BCUT2D eigenvalue weighted by atomic mass is 10.2. The minimum atomic E-state index is -0.479. The van der Waals surface area contributed by atoms with Crippen molar-refractivity contribution in [1.82, 2.24) is 19.4 Å². The predicted molar refractivity (Wildman–Crippen MR) is 111 cm³/mol. The Balaban J connectivity index is 1.80. The maximum absolute atomic E-state index is 12.6. The number of methoxy groups -OCH3 is 2. The van der Waals surface area contributed by atoms with Crippen LogP contribution in [0.5, 0.6) is 11.5 Å². The van der Waals surface area contributed by atoms with E-state index in [4.69, 9.17) is 9.47 Å². The number of amides is 1. The summed E-state index contributed by atoms with van der Waals surface area (Å²) in [6.07, 6.45) is 0. The first-order chi connectivity index (χ1) is 13.7. The summed E-state index contributed by atoms with van der Waals surface area (Å²) in [4.78, 5) is 25.1. The summed E-state index contributed by atoms with van der Waals surface area (Å²) in [5.74, 6) is 0.639. The third-order valence-corrected chi connectivity index (χ3v) is 4.84. The summed E-state index contributed by atoms with van der Waals surface area (Å²) in [5.41, 5.74) is 0.369. The van der Waals surface area contributed by atoms with Gasteiger partial charge in [0, 0.05) is 10.8 Å². The number of hydrogen-bond donors (Lipinski definition) is 1. The quantitative estimate of drug-likeness (QED) is 0.615. The van der Waals surface area contributed by atoms with Gasteiger partial charge in [0.2, 0.25) is 5.91 Å². The lowest BCUT2D eigenvalue weighted by Gasteiger charge is -2.16. The minimum absolute atomic E-state index is 0.0441. The Morgan fingerprint density at radius 1 is 1.14 bits per heavy atom. The normalized spacial score (nSPS) is 11.5. The summed E-state index contributed by atoms with van der Waals surface area (Å²) < 4.78 is 12.7. The highest BCUT2D eigenvalue weighted by Crippen LogP contribution is 2.30. The van der Waals surface area contributed by atoms with Crippen LogP contribution in [-0.2, 0) is 11.3 Å². The molecule has 10 heteroatoms. The van der Waals surface area contributed by atoms with Gasteiger partial charge in [-0.25, -0.2) is 9.48 Å². The van der Waals surface area contributed by atoms with E-state index in [1.54, 1.807) is 43.1 Å². The molecule has 2 heterocycles. The van der Waals surface area contributed by atoms with Gasteiger partial charge in [0.1, 0.15) is 23.1 Å². The van der Waals surface area contributed by atoms with E-state index in [0.29, 0.717) is 27.9 Å². The largest absolute Gasteiger partial charge is 0.497 e. The smallest absolute Gasteiger partial charge is 0.367 e. The van der Waals surface area contributed by atoms with Crippen LogP contribution >= 0.6 is 11.8 Å². The molecule has 1 aromatic carbocycles. The standard InChI is InChI=1S/C19H23N5O4S/c1-19(2,3)29-17-9-8-15-21-23(18(26)24(15)22-17)11-16(25)20-13-7-6-12(27-4)10-14(13)28-5/h6-10H,11H2,1-5H3,(H,20,25). The van der Waals surface area contributed by atoms with Crippen LogP contribution in [0.1, 0.15) is 20.8 Å². The topological polar surface area (TPSA) is 99.7 Å². The van der Waals surface area contributed by atoms with E-state index in [-0.39, 0.29) is 11.3 Å². The van der Waals surface area contributed by atoms with E-state index in [9.17, 15) is 9.59 Å². The third-order valence-electron chi connectivity index (χ3n) is 3.80. The van der Waals surface area contributed by atoms with Gasteiger partial charge in [0.05, 0.1) is 19.9 Å². The van der Waals surface area contributed by atoms with Gasteiger partial charge in [0.25, 0.3) is 0 Å². The number of hydrogen-bond acceptors (Lipinski definition) is 7. The van der Waals surface area contributed by atoms with Gasteiger partial charge in [-0.05, 0) is 24.3 Å². The van der Waals surface area contributed by atoms with Gasteiger partial charge in [-0.15, -0.1) is 5.10 Å². The second kappa shape index (κ2) is 8.16. The molecule has 3 aromatic rings. The van der Waals surface area contributed by atoms with Gasteiger partial charge in [-0.1, -0.05) is 32.5 Å². The van der Waals surface area contributed by atoms with Crippen molar-refractivity contribution >= 4 is 29.0 Å². The number of carbonyl (C=O) groups excluding carboxylic acids is 1. The average Bonchev–Trinajstić information content (AvgIpc) is 2.96. The molecule has 9 nitrogen and oxygen atoms in total. The number of nitrogens with one attached hydrogen (secondary N) is 1. The molecule has 1 N–H and O–H groups in total. The summed E-state index contributed by atoms with van der Waals surface area (Å²) in [6.45, 7) is 5.94. The third kappa shape index (κ3) is 4.89. The van der Waals surface area contributed by atoms with Crippen LogP contribution in [0.4, 0.5) is 5.69 Å². The van der Waals surface area contributed by atoms with Crippen molar-refractivity contribution in [1.29, 1.82) is 0 Å². The van der Waals surface area contributed by atoms with E-state index in [1.165, 1.54) is 11.6 Å². The second-order valence-corrected chi connectivity index (χ2v) is 9.06. The zero-order valence-electron chi connectivity index (χ0n) is 16.9. The van der Waals surface area contributed by atoms with E-state index in [1.807, 2.05) is 6.07 Å². The molecule has 0 unspecified atom stereocenters. The summed E-state index contributed by atoms with van der Waals surface area (Å²) in [6, 6.07) is 8.55. The molecule has 154 valence electrons. The molecule has 29 heavy (non-hydrogen) atoms. The van der Waals surface area contributed by atoms with Gasteiger partial charge in [-0.2, -0.15) is 9.61 Å². The molecule has 0 spiro atoms. The zero-order valence-corrected chi connectivity index (χ0v) is 17.7. The van der Waals surface area contributed by atoms with Crippen LogP contribution in [0.2, 0.25) is 0 Å². The van der Waals surface area contributed by atoms with E-state index in [0.717, 1.165) is 4.68 Å². The van der Waals surface area contributed by atoms with Gasteiger partial charge >= 0.3 is 5.69 Å². The number of ether oxygens (including phenoxy) is 2. The summed E-state index contributed by atoms with van der Waals surface area (Å²) >= 11 is 1.54. The molecule has 0 saturated carbocycles. The van der Waals surface area contributed by atoms with Crippen molar-refractivity contribution in [2.75, 3.05) is 19.5 Å². The second-order valence-electron chi connectivity index (χ2n) is 7.21. The highest BCUT2D eigenvalue weighted by molar-refractivity contribution is 8.00. The van der Waals surface area contributed by atoms with E-state index in [2.05, 4.69) is 36.3 Å². The summed E-state index contributed by atoms with van der Waals surface area (Å²) in [5, 5.41) is 12.0. The first kappa shape index (κ1) is 20.7.